The number of benzene rings is 1. The number of amides is 2. The molecule has 1 N–H and O–H groups in total. The molecule has 0 radical (unpaired) electrons. The van der Waals surface area contributed by atoms with Gasteiger partial charge in [0.1, 0.15) is 0 Å². The number of anilines is 1. The highest BCUT2D eigenvalue weighted by Gasteiger charge is 2.31. The minimum absolute atomic E-state index is 0.00915. The minimum Gasteiger partial charge on any atom is -0.351 e. The summed E-state index contributed by atoms with van der Waals surface area (Å²) in [6, 6.07) is 6.97. The van der Waals surface area contributed by atoms with Crippen molar-refractivity contribution in [3.63, 3.8) is 0 Å². The Hall–Kier alpha value is -2.34. The molecule has 1 atom stereocenters. The van der Waals surface area contributed by atoms with Crippen molar-refractivity contribution in [3.05, 3.63) is 47.2 Å². The zero-order chi connectivity index (χ0) is 17.1. The first-order valence-electron chi connectivity index (χ1n) is 7.84. The van der Waals surface area contributed by atoms with Crippen LogP contribution in [0.15, 0.2) is 36.7 Å². The molecule has 2 heterocycles. The maximum absolute atomic E-state index is 12.2. The maximum atomic E-state index is 12.2. The van der Waals surface area contributed by atoms with Crippen LogP contribution in [0.2, 0.25) is 5.02 Å². The first kappa shape index (κ1) is 16.5. The summed E-state index contributed by atoms with van der Waals surface area (Å²) >= 11 is 5.87. The summed E-state index contributed by atoms with van der Waals surface area (Å²) in [4.78, 5) is 25.9. The molecule has 1 saturated heterocycles. The van der Waals surface area contributed by atoms with E-state index in [0.29, 0.717) is 30.8 Å². The number of rotatable bonds is 5. The molecule has 1 aromatic heterocycles. The van der Waals surface area contributed by atoms with Crippen LogP contribution in [0.1, 0.15) is 18.4 Å². The number of halogens is 1. The van der Waals surface area contributed by atoms with Gasteiger partial charge in [0.05, 0.1) is 12.2 Å². The summed E-state index contributed by atoms with van der Waals surface area (Å²) in [5.74, 6) is -0.0375. The Morgan fingerprint density at radius 1 is 1.38 bits per heavy atom. The molecule has 1 fully saturated rings. The Morgan fingerprint density at radius 2 is 2.12 bits per heavy atom. The molecule has 2 amide bonds. The van der Waals surface area contributed by atoms with Crippen molar-refractivity contribution in [1.82, 2.24) is 15.1 Å². The predicted octanol–water partition coefficient (Wildman–Crippen LogP) is 1.93. The number of hydrogen-bond acceptors (Lipinski definition) is 3. The van der Waals surface area contributed by atoms with E-state index in [1.807, 2.05) is 25.4 Å². The quantitative estimate of drug-likeness (QED) is 0.899. The fourth-order valence-electron chi connectivity index (χ4n) is 2.83. The lowest BCUT2D eigenvalue weighted by atomic mass is 10.2. The average molecular weight is 347 g/mol. The van der Waals surface area contributed by atoms with Gasteiger partial charge < -0.3 is 10.2 Å². The molecule has 3 rings (SSSR count). The van der Waals surface area contributed by atoms with Crippen molar-refractivity contribution < 1.29 is 9.59 Å². The van der Waals surface area contributed by atoms with E-state index in [-0.39, 0.29) is 17.9 Å². The Bertz CT molecular complexity index is 741. The molecule has 1 aromatic carbocycles. The number of carbonyl (C=O) groups excluding carboxylic acids is 2. The van der Waals surface area contributed by atoms with E-state index in [4.69, 9.17) is 11.6 Å². The number of carbonyl (C=O) groups is 2. The molecule has 24 heavy (non-hydrogen) atoms. The summed E-state index contributed by atoms with van der Waals surface area (Å²) < 4.78 is 1.72. The lowest BCUT2D eigenvalue weighted by Crippen LogP contribution is -2.37. The first-order valence-corrected chi connectivity index (χ1v) is 8.22. The second-order valence-electron chi connectivity index (χ2n) is 5.97. The average Bonchev–Trinajstić information content (AvgIpc) is 3.12. The fourth-order valence-corrected chi connectivity index (χ4v) is 2.96. The predicted molar refractivity (Wildman–Crippen MR) is 91.9 cm³/mol. The number of nitrogens with zero attached hydrogens (tertiary/aromatic N) is 3. The number of aryl methyl sites for hydroxylation is 2. The van der Waals surface area contributed by atoms with E-state index >= 15 is 0 Å². The molecule has 0 aliphatic carbocycles. The second-order valence-corrected chi connectivity index (χ2v) is 6.41. The summed E-state index contributed by atoms with van der Waals surface area (Å²) in [6.07, 6.45) is 5.00. The van der Waals surface area contributed by atoms with Crippen molar-refractivity contribution in [1.29, 1.82) is 0 Å². The molecule has 2 aromatic rings. The lowest BCUT2D eigenvalue weighted by Gasteiger charge is -2.17. The standard InChI is InChI=1S/C17H19ClN4O2/c1-21-10-12(9-19-21)2-7-16(23)20-14-8-17(24)22(11-14)15-5-3-13(18)4-6-15/h3-6,9-10,14H,2,7-8,11H2,1H3,(H,20,23). The van der Waals surface area contributed by atoms with Crippen molar-refractivity contribution >= 4 is 29.1 Å². The van der Waals surface area contributed by atoms with E-state index in [9.17, 15) is 9.59 Å². The molecular weight excluding hydrogens is 328 g/mol. The second kappa shape index (κ2) is 7.05. The van der Waals surface area contributed by atoms with Crippen LogP contribution in [0.5, 0.6) is 0 Å². The molecule has 0 bridgehead atoms. The van der Waals surface area contributed by atoms with Gasteiger partial charge in [-0.15, -0.1) is 0 Å². The number of nitrogens with one attached hydrogen (secondary N) is 1. The van der Waals surface area contributed by atoms with Crippen molar-refractivity contribution in [2.24, 2.45) is 7.05 Å². The SMILES string of the molecule is Cn1cc(CCC(=O)NC2CC(=O)N(c3ccc(Cl)cc3)C2)cn1. The van der Waals surface area contributed by atoms with Gasteiger partial charge in [-0.2, -0.15) is 5.10 Å². The Morgan fingerprint density at radius 3 is 2.79 bits per heavy atom. The van der Waals surface area contributed by atoms with Crippen LogP contribution in [0.3, 0.4) is 0 Å². The monoisotopic (exact) mass is 346 g/mol. The van der Waals surface area contributed by atoms with Gasteiger partial charge in [0.15, 0.2) is 0 Å². The van der Waals surface area contributed by atoms with Gasteiger partial charge in [0.2, 0.25) is 11.8 Å². The third-order valence-corrected chi connectivity index (χ3v) is 4.28. The minimum atomic E-state index is -0.158. The van der Waals surface area contributed by atoms with E-state index in [0.717, 1.165) is 11.3 Å². The molecule has 0 saturated carbocycles. The van der Waals surface area contributed by atoms with Gasteiger partial charge >= 0.3 is 0 Å². The van der Waals surface area contributed by atoms with Gasteiger partial charge in [-0.1, -0.05) is 11.6 Å². The lowest BCUT2D eigenvalue weighted by molar-refractivity contribution is -0.121. The van der Waals surface area contributed by atoms with Crippen molar-refractivity contribution in [2.45, 2.75) is 25.3 Å². The van der Waals surface area contributed by atoms with Crippen LogP contribution in [0.4, 0.5) is 5.69 Å². The number of hydrogen-bond donors (Lipinski definition) is 1. The highest BCUT2D eigenvalue weighted by Crippen LogP contribution is 2.23. The van der Waals surface area contributed by atoms with Gasteiger partial charge in [-0.25, -0.2) is 0 Å². The smallest absolute Gasteiger partial charge is 0.229 e. The first-order chi connectivity index (χ1) is 11.5. The molecule has 1 aliphatic heterocycles. The van der Waals surface area contributed by atoms with Gasteiger partial charge in [0.25, 0.3) is 0 Å². The molecule has 1 unspecified atom stereocenters. The van der Waals surface area contributed by atoms with Crippen LogP contribution >= 0.6 is 11.6 Å². The van der Waals surface area contributed by atoms with E-state index < -0.39 is 0 Å². The Balaban J connectivity index is 1.52. The summed E-state index contributed by atoms with van der Waals surface area (Å²) in [6.45, 7) is 0.485. The molecule has 6 nitrogen and oxygen atoms in total. The highest BCUT2D eigenvalue weighted by molar-refractivity contribution is 6.30. The summed E-state index contributed by atoms with van der Waals surface area (Å²) in [5.41, 5.74) is 1.83. The largest absolute Gasteiger partial charge is 0.351 e. The van der Waals surface area contributed by atoms with Crippen molar-refractivity contribution in [2.75, 3.05) is 11.4 Å². The molecular formula is C17H19ClN4O2. The zero-order valence-corrected chi connectivity index (χ0v) is 14.2. The molecule has 1 aliphatic rings. The third-order valence-electron chi connectivity index (χ3n) is 4.03. The Labute approximate surface area is 145 Å². The Kier molecular flexibility index (Phi) is 4.85. The summed E-state index contributed by atoms with van der Waals surface area (Å²) in [7, 11) is 1.85. The van der Waals surface area contributed by atoms with E-state index in [1.54, 1.807) is 27.9 Å². The molecule has 126 valence electrons. The molecule has 0 spiro atoms. The zero-order valence-electron chi connectivity index (χ0n) is 13.4. The van der Waals surface area contributed by atoms with Gasteiger partial charge in [-0.3, -0.25) is 14.3 Å². The van der Waals surface area contributed by atoms with Crippen LogP contribution < -0.4 is 10.2 Å². The van der Waals surface area contributed by atoms with Gasteiger partial charge in [0, 0.05) is 43.3 Å². The maximum Gasteiger partial charge on any atom is 0.229 e. The fraction of sp³-hybridized carbons (Fsp3) is 0.353. The number of aromatic nitrogens is 2. The van der Waals surface area contributed by atoms with Crippen LogP contribution in [-0.2, 0) is 23.1 Å². The third kappa shape index (κ3) is 3.94. The van der Waals surface area contributed by atoms with E-state index in [1.165, 1.54) is 0 Å². The van der Waals surface area contributed by atoms with Crippen LogP contribution in [-0.4, -0.2) is 34.2 Å². The summed E-state index contributed by atoms with van der Waals surface area (Å²) in [5, 5.41) is 7.65. The topological polar surface area (TPSA) is 67.2 Å². The highest BCUT2D eigenvalue weighted by atomic mass is 35.5. The van der Waals surface area contributed by atoms with Crippen LogP contribution in [0.25, 0.3) is 0 Å². The molecule has 7 heteroatoms. The van der Waals surface area contributed by atoms with E-state index in [2.05, 4.69) is 10.4 Å². The normalized spacial score (nSPS) is 17.3. The van der Waals surface area contributed by atoms with Gasteiger partial charge in [-0.05, 0) is 36.2 Å². The van der Waals surface area contributed by atoms with Crippen molar-refractivity contribution in [3.8, 4) is 0 Å². The van der Waals surface area contributed by atoms with Crippen LogP contribution in [0, 0.1) is 0 Å².